The first-order valence-corrected chi connectivity index (χ1v) is 34.1. The summed E-state index contributed by atoms with van der Waals surface area (Å²) >= 11 is 0. The Labute approximate surface area is 547 Å². The third-order valence-electron chi connectivity index (χ3n) is 19.8. The first kappa shape index (κ1) is 66.5. The van der Waals surface area contributed by atoms with Crippen molar-refractivity contribution in [2.75, 3.05) is 9.80 Å². The van der Waals surface area contributed by atoms with E-state index in [1.807, 2.05) is 0 Å². The number of benzene rings is 8. The lowest BCUT2D eigenvalue weighted by Crippen LogP contribution is -2.21. The molecule has 8 aromatic rings. The lowest BCUT2D eigenvalue weighted by molar-refractivity contribution is 0.567. The van der Waals surface area contributed by atoms with Crippen molar-refractivity contribution in [3.8, 4) is 22.3 Å². The first-order valence-electron chi connectivity index (χ1n) is 34.1. The average molecular weight is 1200 g/mol. The predicted molar refractivity (Wildman–Crippen MR) is 397 cm³/mol. The van der Waals surface area contributed by atoms with Crippen LogP contribution in [-0.2, 0) is 67.0 Å². The molecule has 0 atom stereocenters. The van der Waals surface area contributed by atoms with E-state index in [1.165, 1.54) is 145 Å². The van der Waals surface area contributed by atoms with Crippen molar-refractivity contribution < 1.29 is 0 Å². The van der Waals surface area contributed by atoms with E-state index >= 15 is 0 Å². The zero-order chi connectivity index (χ0) is 66.7. The van der Waals surface area contributed by atoms with E-state index in [1.54, 1.807) is 0 Å². The van der Waals surface area contributed by atoms with Gasteiger partial charge in [-0.15, -0.1) is 0 Å². The summed E-state index contributed by atoms with van der Waals surface area (Å²) in [7, 11) is 0. The molecule has 2 heteroatoms. The highest BCUT2D eigenvalue weighted by molar-refractivity contribution is 6.03. The molecule has 0 heterocycles. The second-order valence-corrected chi connectivity index (χ2v) is 37.9. The van der Waals surface area contributed by atoms with Crippen LogP contribution in [0.15, 0.2) is 121 Å². The van der Waals surface area contributed by atoms with Gasteiger partial charge in [0.05, 0.1) is 0 Å². The van der Waals surface area contributed by atoms with E-state index in [0.29, 0.717) is 0 Å². The standard InChI is InChI=1S/C88H114N2/c1-79(2,3)55-39-56(80(4,5)6)44-65(43-55)89(66-45-57(81(7,8)9)40-58(46-66)82(10,11)12)63-31-33-69-53(35-63)37-73-71(69)51-75-76(77(73)87(25,26)27)52-72-70-34-32-64(36-54(70)38-74(72)78(75)88(28,29)30)90(67-47-59(83(13,14)15)41-60(48-67)84(16,17)18)68-49-61(85(19,20)21)42-62(50-68)86(22,23)24/h31-36,39-52H,37-38H2,1-30H3. The summed E-state index contributed by atoms with van der Waals surface area (Å²) in [6.45, 7) is 71.4. The maximum atomic E-state index is 2.63. The van der Waals surface area contributed by atoms with Crippen LogP contribution in [0.3, 0.4) is 0 Å². The molecule has 2 nitrogen and oxygen atoms in total. The molecule has 0 unspecified atom stereocenters. The van der Waals surface area contributed by atoms with E-state index in [4.69, 9.17) is 0 Å². The number of anilines is 6. The molecule has 10 rings (SSSR count). The molecule has 8 aromatic carbocycles. The number of rotatable bonds is 6. The molecule has 0 amide bonds. The molecule has 2 aliphatic rings. The van der Waals surface area contributed by atoms with Gasteiger partial charge in [-0.25, -0.2) is 0 Å². The monoisotopic (exact) mass is 1200 g/mol. The Hall–Kier alpha value is -6.38. The van der Waals surface area contributed by atoms with Gasteiger partial charge >= 0.3 is 0 Å². The van der Waals surface area contributed by atoms with Crippen LogP contribution in [0.2, 0.25) is 0 Å². The zero-order valence-corrected chi connectivity index (χ0v) is 61.9. The van der Waals surface area contributed by atoms with Crippen molar-refractivity contribution in [1.82, 2.24) is 0 Å². The van der Waals surface area contributed by atoms with Crippen LogP contribution in [0.4, 0.5) is 34.1 Å². The molecule has 0 saturated carbocycles. The molecule has 476 valence electrons. The Balaban J connectivity index is 1.18. The van der Waals surface area contributed by atoms with Gasteiger partial charge in [0.1, 0.15) is 0 Å². The molecular formula is C88H114N2. The summed E-state index contributed by atoms with van der Waals surface area (Å²) in [4.78, 5) is 5.20. The van der Waals surface area contributed by atoms with Gasteiger partial charge in [-0.3, -0.25) is 0 Å². The third kappa shape index (κ3) is 12.8. The summed E-state index contributed by atoms with van der Waals surface area (Å²) in [5, 5.41) is 2.81. The van der Waals surface area contributed by atoms with Gasteiger partial charge in [-0.05, 0) is 263 Å². The van der Waals surface area contributed by atoms with E-state index in [-0.39, 0.29) is 54.1 Å². The van der Waals surface area contributed by atoms with Crippen LogP contribution >= 0.6 is 0 Å². The maximum Gasteiger partial charge on any atom is 0.0467 e. The number of hydrogen-bond acceptors (Lipinski definition) is 2. The van der Waals surface area contributed by atoms with Crippen LogP contribution in [0.1, 0.15) is 286 Å². The van der Waals surface area contributed by atoms with Crippen molar-refractivity contribution in [3.05, 3.63) is 199 Å². The molecule has 2 aliphatic carbocycles. The molecule has 0 aliphatic heterocycles. The number of hydrogen-bond donors (Lipinski definition) is 0. The molecule has 0 saturated heterocycles. The van der Waals surface area contributed by atoms with Gasteiger partial charge in [-0.2, -0.15) is 0 Å². The van der Waals surface area contributed by atoms with E-state index in [2.05, 4.69) is 339 Å². The average Bonchev–Trinajstić information content (AvgIpc) is 1.41. The Bertz CT molecular complexity index is 3580. The van der Waals surface area contributed by atoms with Crippen molar-refractivity contribution in [2.45, 2.75) is 275 Å². The molecule has 0 N–H and O–H groups in total. The van der Waals surface area contributed by atoms with Crippen molar-refractivity contribution in [3.63, 3.8) is 0 Å². The minimum Gasteiger partial charge on any atom is -0.310 e. The smallest absolute Gasteiger partial charge is 0.0467 e. The SMILES string of the molecule is CC(C)(C)c1cc(N(c2cc(C(C)(C)C)cc(C(C)(C)C)c2)c2ccc3c(c2)Cc2c-3cc3c(C(C)(C)C)c4c(cc3c2C(C)(C)C)-c2ccc(N(c3cc(C(C)(C)C)cc(C(C)(C)C)c3)c3cc(C(C)(C)C)cc(C(C)(C)C)c3)cc2C4)cc(C(C)(C)C)c1. The summed E-state index contributed by atoms with van der Waals surface area (Å²) < 4.78 is 0. The van der Waals surface area contributed by atoms with E-state index in [0.717, 1.165) is 12.8 Å². The fraction of sp³-hybridized carbons (Fsp3) is 0.477. The zero-order valence-electron chi connectivity index (χ0n) is 61.9. The van der Waals surface area contributed by atoms with Crippen LogP contribution < -0.4 is 9.80 Å². The predicted octanol–water partition coefficient (Wildman–Crippen LogP) is 25.9. The first-order chi connectivity index (χ1) is 40.9. The van der Waals surface area contributed by atoms with Crippen LogP contribution in [-0.4, -0.2) is 0 Å². The molecule has 90 heavy (non-hydrogen) atoms. The van der Waals surface area contributed by atoms with Gasteiger partial charge in [-0.1, -0.05) is 244 Å². The fourth-order valence-corrected chi connectivity index (χ4v) is 14.1. The lowest BCUT2D eigenvalue weighted by Gasteiger charge is -2.33. The highest BCUT2D eigenvalue weighted by atomic mass is 15.1. The van der Waals surface area contributed by atoms with Gasteiger partial charge in [0.15, 0.2) is 0 Å². The summed E-state index contributed by atoms with van der Waals surface area (Å²) in [5.41, 5.74) is 31.8. The van der Waals surface area contributed by atoms with Gasteiger partial charge in [0.25, 0.3) is 0 Å². The second kappa shape index (κ2) is 21.6. The molecule has 0 radical (unpaired) electrons. The van der Waals surface area contributed by atoms with E-state index in [9.17, 15) is 0 Å². The Kier molecular flexibility index (Phi) is 16.0. The molecule has 0 spiro atoms. The largest absolute Gasteiger partial charge is 0.310 e. The van der Waals surface area contributed by atoms with Crippen LogP contribution in [0, 0.1) is 0 Å². The normalized spacial score (nSPS) is 14.2. The highest BCUT2D eigenvalue weighted by Gasteiger charge is 2.37. The van der Waals surface area contributed by atoms with Crippen LogP contribution in [0.25, 0.3) is 33.0 Å². The van der Waals surface area contributed by atoms with Crippen molar-refractivity contribution in [1.29, 1.82) is 0 Å². The van der Waals surface area contributed by atoms with Crippen molar-refractivity contribution >= 4 is 44.9 Å². The maximum absolute atomic E-state index is 2.63. The topological polar surface area (TPSA) is 6.48 Å². The van der Waals surface area contributed by atoms with Crippen molar-refractivity contribution in [2.24, 2.45) is 0 Å². The quantitative estimate of drug-likeness (QED) is 0.164. The summed E-state index contributed by atoms with van der Waals surface area (Å²) in [6.07, 6.45) is 1.77. The highest BCUT2D eigenvalue weighted by Crippen LogP contribution is 2.55. The molecule has 0 aromatic heterocycles. The molecular weight excluding hydrogens is 1080 g/mol. The van der Waals surface area contributed by atoms with E-state index < -0.39 is 0 Å². The molecule has 0 bridgehead atoms. The second-order valence-electron chi connectivity index (χ2n) is 37.9. The van der Waals surface area contributed by atoms with Gasteiger partial charge < -0.3 is 9.80 Å². The summed E-state index contributed by atoms with van der Waals surface area (Å²) in [5.74, 6) is 0. The number of fused-ring (bicyclic) bond motifs is 7. The fourth-order valence-electron chi connectivity index (χ4n) is 14.1. The van der Waals surface area contributed by atoms with Gasteiger partial charge in [0, 0.05) is 34.1 Å². The lowest BCUT2D eigenvalue weighted by atomic mass is 9.73. The Morgan fingerprint density at radius 2 is 0.422 bits per heavy atom. The number of nitrogens with zero attached hydrogens (tertiary/aromatic N) is 2. The summed E-state index contributed by atoms with van der Waals surface area (Å²) in [6, 6.07) is 49.9. The van der Waals surface area contributed by atoms with Crippen LogP contribution in [0.5, 0.6) is 0 Å². The Morgan fingerprint density at radius 3 is 0.611 bits per heavy atom. The minimum atomic E-state index is -0.135. The third-order valence-corrected chi connectivity index (χ3v) is 19.8. The molecule has 0 fully saturated rings. The minimum absolute atomic E-state index is 0.0411. The van der Waals surface area contributed by atoms with Gasteiger partial charge in [0.2, 0.25) is 0 Å². The Morgan fingerprint density at radius 1 is 0.211 bits per heavy atom.